The molecule has 150 valence electrons. The molecule has 5 heteroatoms. The van der Waals surface area contributed by atoms with E-state index in [9.17, 15) is 9.59 Å². The second-order valence-corrected chi connectivity index (χ2v) is 9.28. The third-order valence-electron chi connectivity index (χ3n) is 7.82. The minimum Gasteiger partial charge on any atom is -0.370 e. The molecule has 1 aromatic rings. The minimum absolute atomic E-state index is 0.0659. The van der Waals surface area contributed by atoms with Gasteiger partial charge < -0.3 is 10.6 Å². The maximum absolute atomic E-state index is 13.2. The summed E-state index contributed by atoms with van der Waals surface area (Å²) in [6.45, 7) is 2.18. The van der Waals surface area contributed by atoms with Gasteiger partial charge in [0.25, 0.3) is 0 Å². The highest BCUT2D eigenvalue weighted by atomic mass is 16.2. The average Bonchev–Trinajstić information content (AvgIpc) is 3.11. The maximum atomic E-state index is 13.2. The molecule has 1 aromatic carbocycles. The number of hydrogen-bond donors (Lipinski definition) is 1. The van der Waals surface area contributed by atoms with Crippen LogP contribution in [0.15, 0.2) is 24.3 Å². The van der Waals surface area contributed by atoms with Crippen molar-refractivity contribution >= 4 is 17.5 Å². The summed E-state index contributed by atoms with van der Waals surface area (Å²) >= 11 is 0. The Balaban J connectivity index is 1.31. The molecular weight excluding hydrogens is 350 g/mol. The number of fused-ring (bicyclic) bond motifs is 3. The Bertz CT molecular complexity index is 755. The first kappa shape index (κ1) is 18.2. The van der Waals surface area contributed by atoms with Crippen molar-refractivity contribution in [2.24, 2.45) is 17.6 Å². The lowest BCUT2D eigenvalue weighted by atomic mass is 9.82. The number of piperidine rings is 1. The lowest BCUT2D eigenvalue weighted by Crippen LogP contribution is -2.52. The van der Waals surface area contributed by atoms with Gasteiger partial charge in [-0.3, -0.25) is 14.5 Å². The van der Waals surface area contributed by atoms with Gasteiger partial charge in [0.1, 0.15) is 0 Å². The van der Waals surface area contributed by atoms with E-state index in [4.69, 9.17) is 5.73 Å². The molecule has 3 unspecified atom stereocenters. The highest BCUT2D eigenvalue weighted by Gasteiger charge is 2.45. The fourth-order valence-electron chi connectivity index (χ4n) is 6.66. The first-order valence-electron chi connectivity index (χ1n) is 11.1. The monoisotopic (exact) mass is 381 g/mol. The number of carbonyl (C=O) groups excluding carboxylic acids is 2. The second kappa shape index (κ2) is 7.18. The molecule has 2 heterocycles. The number of hydrogen-bond acceptors (Lipinski definition) is 3. The van der Waals surface area contributed by atoms with Crippen LogP contribution in [0.1, 0.15) is 62.8 Å². The molecule has 2 amide bonds. The number of likely N-dealkylation sites (tertiary alicyclic amines) is 1. The zero-order chi connectivity index (χ0) is 19.3. The number of rotatable bonds is 4. The van der Waals surface area contributed by atoms with Crippen molar-refractivity contribution in [3.8, 4) is 0 Å². The van der Waals surface area contributed by atoms with Gasteiger partial charge in [0.05, 0.1) is 5.92 Å². The molecule has 5 nitrogen and oxygen atoms in total. The van der Waals surface area contributed by atoms with Gasteiger partial charge in [-0.2, -0.15) is 0 Å². The van der Waals surface area contributed by atoms with Crippen LogP contribution in [0.4, 0.5) is 5.69 Å². The Morgan fingerprint density at radius 2 is 1.68 bits per heavy atom. The third-order valence-corrected chi connectivity index (χ3v) is 7.82. The summed E-state index contributed by atoms with van der Waals surface area (Å²) in [5, 5.41) is 0. The fraction of sp³-hybridized carbons (Fsp3) is 0.652. The molecule has 0 spiro atoms. The van der Waals surface area contributed by atoms with Gasteiger partial charge in [0.2, 0.25) is 11.8 Å². The van der Waals surface area contributed by atoms with E-state index in [0.29, 0.717) is 0 Å². The van der Waals surface area contributed by atoms with Crippen molar-refractivity contribution < 1.29 is 9.59 Å². The van der Waals surface area contributed by atoms with Crippen LogP contribution in [0, 0.1) is 11.8 Å². The van der Waals surface area contributed by atoms with Crippen molar-refractivity contribution in [2.75, 3.05) is 18.0 Å². The second-order valence-electron chi connectivity index (χ2n) is 9.28. The van der Waals surface area contributed by atoms with Crippen LogP contribution in [0.2, 0.25) is 0 Å². The fourth-order valence-corrected chi connectivity index (χ4v) is 6.66. The first-order chi connectivity index (χ1) is 13.6. The molecule has 0 radical (unpaired) electrons. The minimum atomic E-state index is -0.405. The van der Waals surface area contributed by atoms with Crippen molar-refractivity contribution in [1.29, 1.82) is 0 Å². The van der Waals surface area contributed by atoms with Gasteiger partial charge in [0, 0.05) is 37.3 Å². The molecule has 2 aliphatic carbocycles. The number of amides is 2. The standard InChI is InChI=1S/C23H31N3O2/c24-21(27)14-19-18-6-1-2-7-20(18)26(23(19)28)17-10-12-25(13-11-17)22-15-4-3-5-16(22)9-8-15/h1-2,6-7,15-17,19,22H,3-5,8-14H2,(H2,24,27). The van der Waals surface area contributed by atoms with Crippen LogP contribution in [-0.2, 0) is 9.59 Å². The maximum Gasteiger partial charge on any atom is 0.235 e. The molecule has 5 rings (SSSR count). The molecule has 2 saturated carbocycles. The predicted molar refractivity (Wildman–Crippen MR) is 109 cm³/mol. The molecule has 2 aliphatic heterocycles. The summed E-state index contributed by atoms with van der Waals surface area (Å²) in [7, 11) is 0. The molecule has 3 fully saturated rings. The summed E-state index contributed by atoms with van der Waals surface area (Å²) in [6, 6.07) is 8.98. The summed E-state index contributed by atoms with van der Waals surface area (Å²) in [4.78, 5) is 29.5. The summed E-state index contributed by atoms with van der Waals surface area (Å²) in [5.74, 6) is 1.07. The zero-order valence-electron chi connectivity index (χ0n) is 16.6. The number of nitrogens with zero attached hydrogens (tertiary/aromatic N) is 2. The van der Waals surface area contributed by atoms with E-state index in [1.807, 2.05) is 29.2 Å². The van der Waals surface area contributed by atoms with Crippen molar-refractivity contribution in [2.45, 2.75) is 69.4 Å². The van der Waals surface area contributed by atoms with Crippen LogP contribution < -0.4 is 10.6 Å². The number of benzene rings is 1. The molecule has 4 aliphatic rings. The average molecular weight is 382 g/mol. The van der Waals surface area contributed by atoms with Crippen LogP contribution in [0.25, 0.3) is 0 Å². The Hall–Kier alpha value is -1.88. The Kier molecular flexibility index (Phi) is 4.66. The lowest BCUT2D eigenvalue weighted by molar-refractivity contribution is -0.124. The SMILES string of the molecule is NC(=O)CC1C(=O)N(C2CCN(C3C4CCCC3CC4)CC2)c2ccccc21. The Morgan fingerprint density at radius 1 is 1.00 bits per heavy atom. The largest absolute Gasteiger partial charge is 0.370 e. The molecule has 28 heavy (non-hydrogen) atoms. The molecular formula is C23H31N3O2. The van der Waals surface area contributed by atoms with E-state index < -0.39 is 11.8 Å². The Morgan fingerprint density at radius 3 is 2.36 bits per heavy atom. The quantitative estimate of drug-likeness (QED) is 0.872. The van der Waals surface area contributed by atoms with Crippen LogP contribution in [0.3, 0.4) is 0 Å². The molecule has 2 N–H and O–H groups in total. The molecule has 2 bridgehead atoms. The summed E-state index contributed by atoms with van der Waals surface area (Å²) in [5.41, 5.74) is 7.40. The smallest absolute Gasteiger partial charge is 0.235 e. The predicted octanol–water partition coefficient (Wildman–Crippen LogP) is 3.04. The van der Waals surface area contributed by atoms with Crippen LogP contribution in [0.5, 0.6) is 0 Å². The number of primary amides is 1. The van der Waals surface area contributed by atoms with Gasteiger partial charge in [-0.05, 0) is 62.0 Å². The summed E-state index contributed by atoms with van der Waals surface area (Å²) < 4.78 is 0. The third kappa shape index (κ3) is 2.95. The first-order valence-corrected chi connectivity index (χ1v) is 11.1. The number of para-hydroxylation sites is 1. The molecule has 0 aromatic heterocycles. The van der Waals surface area contributed by atoms with E-state index in [1.54, 1.807) is 0 Å². The van der Waals surface area contributed by atoms with Gasteiger partial charge in [-0.1, -0.05) is 24.6 Å². The van der Waals surface area contributed by atoms with Crippen LogP contribution >= 0.6 is 0 Å². The van der Waals surface area contributed by atoms with Gasteiger partial charge in [0.15, 0.2) is 0 Å². The van der Waals surface area contributed by atoms with Crippen molar-refractivity contribution in [1.82, 2.24) is 4.90 Å². The topological polar surface area (TPSA) is 66.6 Å². The van der Waals surface area contributed by atoms with E-state index in [0.717, 1.165) is 55.1 Å². The van der Waals surface area contributed by atoms with Gasteiger partial charge in [-0.15, -0.1) is 0 Å². The number of nitrogens with two attached hydrogens (primary N) is 1. The molecule has 3 atom stereocenters. The summed E-state index contributed by atoms with van der Waals surface area (Å²) in [6.07, 6.45) is 9.24. The zero-order valence-corrected chi connectivity index (χ0v) is 16.6. The van der Waals surface area contributed by atoms with Crippen molar-refractivity contribution in [3.63, 3.8) is 0 Å². The molecule has 1 saturated heterocycles. The van der Waals surface area contributed by atoms with Crippen LogP contribution in [-0.4, -0.2) is 41.9 Å². The van der Waals surface area contributed by atoms with Crippen molar-refractivity contribution in [3.05, 3.63) is 29.8 Å². The van der Waals surface area contributed by atoms with E-state index in [2.05, 4.69) is 4.90 Å². The highest BCUT2D eigenvalue weighted by Crippen LogP contribution is 2.46. The Labute approximate surface area is 167 Å². The van der Waals surface area contributed by atoms with E-state index >= 15 is 0 Å². The lowest BCUT2D eigenvalue weighted by Gasteiger charge is -2.44. The number of anilines is 1. The van der Waals surface area contributed by atoms with Gasteiger partial charge in [-0.25, -0.2) is 0 Å². The normalized spacial score (nSPS) is 33.3. The van der Waals surface area contributed by atoms with E-state index in [1.165, 1.54) is 32.1 Å². The van der Waals surface area contributed by atoms with Gasteiger partial charge >= 0.3 is 0 Å². The number of carbonyl (C=O) groups is 2. The van der Waals surface area contributed by atoms with E-state index in [-0.39, 0.29) is 18.4 Å². The highest BCUT2D eigenvalue weighted by molar-refractivity contribution is 6.07.